The molecule has 1 fully saturated rings. The molecule has 0 bridgehead atoms. The van der Waals surface area contributed by atoms with Crippen molar-refractivity contribution < 1.29 is 14.7 Å². The number of nitrogens with zero attached hydrogens (tertiary/aromatic N) is 6. The van der Waals surface area contributed by atoms with Gasteiger partial charge in [-0.25, -0.2) is 9.78 Å². The highest BCUT2D eigenvalue weighted by Crippen LogP contribution is 2.42. The van der Waals surface area contributed by atoms with E-state index < -0.39 is 5.97 Å². The third-order valence-electron chi connectivity index (χ3n) is 7.45. The number of carboxylic acid groups (broad SMARTS) is 1. The molecule has 2 unspecified atom stereocenters. The SMILES string of the molecule is O=C(O)c1ccc(-c2cnc(C3C(c4ccccc4)CCCN3C(=O)C=Cc3cc(Cl)ccc3-n3cnnn3)[nH]2)cc1. The summed E-state index contributed by atoms with van der Waals surface area (Å²) in [5.41, 5.74) is 4.27. The molecule has 6 rings (SSSR count). The molecule has 2 aromatic heterocycles. The first-order chi connectivity index (χ1) is 20.5. The Morgan fingerprint density at radius 2 is 1.86 bits per heavy atom. The summed E-state index contributed by atoms with van der Waals surface area (Å²) in [5.74, 6) is -0.453. The maximum Gasteiger partial charge on any atom is 0.335 e. The number of aromatic amines is 1. The molecule has 5 aromatic rings. The fourth-order valence-corrected chi connectivity index (χ4v) is 5.63. The van der Waals surface area contributed by atoms with Gasteiger partial charge in [0.25, 0.3) is 0 Å². The number of H-pyrrole nitrogens is 1. The van der Waals surface area contributed by atoms with Crippen LogP contribution in [0.1, 0.15) is 52.1 Å². The zero-order chi connectivity index (χ0) is 29.1. The van der Waals surface area contributed by atoms with E-state index in [0.717, 1.165) is 29.7 Å². The van der Waals surface area contributed by atoms with Crippen molar-refractivity contribution in [1.29, 1.82) is 0 Å². The molecule has 1 aliphatic rings. The van der Waals surface area contributed by atoms with Gasteiger partial charge in [0.1, 0.15) is 12.2 Å². The Hall–Kier alpha value is -5.09. The van der Waals surface area contributed by atoms with Crippen LogP contribution in [-0.4, -0.2) is 58.6 Å². The first-order valence-electron chi connectivity index (χ1n) is 13.4. The van der Waals surface area contributed by atoms with Crippen LogP contribution in [0, 0.1) is 0 Å². The van der Waals surface area contributed by atoms with Crippen LogP contribution in [0.4, 0.5) is 0 Å². The first-order valence-corrected chi connectivity index (χ1v) is 13.8. The number of likely N-dealkylation sites (tertiary alicyclic amines) is 1. The Balaban J connectivity index is 1.34. The minimum Gasteiger partial charge on any atom is -0.478 e. The van der Waals surface area contributed by atoms with Gasteiger partial charge in [-0.3, -0.25) is 4.79 Å². The Morgan fingerprint density at radius 3 is 2.60 bits per heavy atom. The summed E-state index contributed by atoms with van der Waals surface area (Å²) in [5, 5.41) is 21.2. The van der Waals surface area contributed by atoms with E-state index in [1.54, 1.807) is 60.8 Å². The van der Waals surface area contributed by atoms with Crippen molar-refractivity contribution in [2.75, 3.05) is 6.54 Å². The summed E-state index contributed by atoms with van der Waals surface area (Å²) in [4.78, 5) is 35.1. The van der Waals surface area contributed by atoms with Crippen LogP contribution in [0.25, 0.3) is 23.0 Å². The second kappa shape index (κ2) is 11.8. The van der Waals surface area contributed by atoms with E-state index in [9.17, 15) is 14.7 Å². The maximum atomic E-state index is 13.9. The van der Waals surface area contributed by atoms with Gasteiger partial charge in [0, 0.05) is 29.1 Å². The van der Waals surface area contributed by atoms with Crippen molar-refractivity contribution in [3.05, 3.63) is 119 Å². The summed E-state index contributed by atoms with van der Waals surface area (Å²) in [6, 6.07) is 21.7. The zero-order valence-electron chi connectivity index (χ0n) is 22.3. The Morgan fingerprint density at radius 1 is 1.05 bits per heavy atom. The fourth-order valence-electron chi connectivity index (χ4n) is 5.45. The van der Waals surface area contributed by atoms with Gasteiger partial charge in [-0.2, -0.15) is 4.68 Å². The topological polar surface area (TPSA) is 130 Å². The van der Waals surface area contributed by atoms with E-state index in [2.05, 4.69) is 32.6 Å². The van der Waals surface area contributed by atoms with E-state index in [1.165, 1.54) is 11.0 Å². The van der Waals surface area contributed by atoms with E-state index in [4.69, 9.17) is 16.6 Å². The molecular weight excluding hydrogens is 554 g/mol. The quantitative estimate of drug-likeness (QED) is 0.241. The van der Waals surface area contributed by atoms with E-state index >= 15 is 0 Å². The zero-order valence-corrected chi connectivity index (χ0v) is 23.1. The molecule has 3 heterocycles. The number of carbonyl (C=O) groups is 2. The van der Waals surface area contributed by atoms with Gasteiger partial charge in [-0.1, -0.05) is 54.1 Å². The van der Waals surface area contributed by atoms with Gasteiger partial charge in [0.05, 0.1) is 29.2 Å². The number of halogens is 1. The van der Waals surface area contributed by atoms with Crippen molar-refractivity contribution >= 4 is 29.6 Å². The Kier molecular flexibility index (Phi) is 7.61. The molecule has 2 N–H and O–H groups in total. The van der Waals surface area contributed by atoms with Gasteiger partial charge in [-0.05, 0) is 70.8 Å². The van der Waals surface area contributed by atoms with Crippen molar-refractivity contribution in [2.24, 2.45) is 0 Å². The number of benzene rings is 3. The molecule has 11 heteroatoms. The number of nitrogens with one attached hydrogen (secondary N) is 1. The molecule has 42 heavy (non-hydrogen) atoms. The first kappa shape index (κ1) is 27.1. The van der Waals surface area contributed by atoms with Crippen LogP contribution in [0.2, 0.25) is 5.02 Å². The number of aromatic nitrogens is 6. The normalized spacial score (nSPS) is 17.0. The lowest BCUT2D eigenvalue weighted by atomic mass is 9.83. The number of carbonyl (C=O) groups excluding carboxylic acids is 1. The monoisotopic (exact) mass is 579 g/mol. The summed E-state index contributed by atoms with van der Waals surface area (Å²) in [7, 11) is 0. The number of carboxylic acids is 1. The average Bonchev–Trinajstić information content (AvgIpc) is 3.73. The van der Waals surface area contributed by atoms with Crippen LogP contribution >= 0.6 is 11.6 Å². The van der Waals surface area contributed by atoms with Crippen molar-refractivity contribution in [1.82, 2.24) is 35.1 Å². The molecule has 1 saturated heterocycles. The highest BCUT2D eigenvalue weighted by Gasteiger charge is 2.37. The number of aromatic carboxylic acids is 1. The lowest BCUT2D eigenvalue weighted by Gasteiger charge is -2.40. The van der Waals surface area contributed by atoms with Crippen LogP contribution < -0.4 is 0 Å². The Labute approximate surface area is 246 Å². The van der Waals surface area contributed by atoms with Crippen LogP contribution in [-0.2, 0) is 4.79 Å². The molecular formula is C31H26ClN7O3. The molecule has 0 saturated carbocycles. The standard InChI is InChI=1S/C31H26ClN7O3/c32-24-13-14-27(39-19-34-36-37-39)23(17-24)12-15-28(40)38-16-4-7-25(20-5-2-1-3-6-20)29(38)30-33-18-26(35-30)21-8-10-22(11-9-21)31(41)42/h1-3,5-6,8-15,17-19,25,29H,4,7,16H2,(H,33,35)(H,41,42). The fraction of sp³-hybridized carbons (Fsp3) is 0.161. The number of hydrogen-bond donors (Lipinski definition) is 2. The average molecular weight is 580 g/mol. The van der Waals surface area contributed by atoms with E-state index in [1.807, 2.05) is 23.1 Å². The van der Waals surface area contributed by atoms with Crippen molar-refractivity contribution in [2.45, 2.75) is 24.8 Å². The third-order valence-corrected chi connectivity index (χ3v) is 7.69. The summed E-state index contributed by atoms with van der Waals surface area (Å²) in [6.45, 7) is 0.565. The molecule has 0 aliphatic carbocycles. The molecule has 2 atom stereocenters. The Bertz CT molecular complexity index is 1730. The molecule has 3 aromatic carbocycles. The number of tetrazole rings is 1. The number of piperidine rings is 1. The molecule has 0 spiro atoms. The van der Waals surface area contributed by atoms with Crippen LogP contribution in [0.5, 0.6) is 0 Å². The van der Waals surface area contributed by atoms with Gasteiger partial charge in [0.2, 0.25) is 5.91 Å². The highest BCUT2D eigenvalue weighted by atomic mass is 35.5. The van der Waals surface area contributed by atoms with Crippen molar-refractivity contribution in [3.8, 4) is 16.9 Å². The minimum absolute atomic E-state index is 0.0219. The number of amides is 1. The van der Waals surface area contributed by atoms with E-state index in [0.29, 0.717) is 28.6 Å². The molecule has 10 nitrogen and oxygen atoms in total. The number of imidazole rings is 1. The third kappa shape index (κ3) is 5.57. The molecule has 1 amide bonds. The predicted molar refractivity (Wildman–Crippen MR) is 157 cm³/mol. The van der Waals surface area contributed by atoms with Gasteiger partial charge >= 0.3 is 5.97 Å². The van der Waals surface area contributed by atoms with Gasteiger partial charge < -0.3 is 15.0 Å². The van der Waals surface area contributed by atoms with Gasteiger partial charge in [0.15, 0.2) is 0 Å². The number of rotatable bonds is 7. The molecule has 210 valence electrons. The molecule has 1 aliphatic heterocycles. The van der Waals surface area contributed by atoms with Crippen molar-refractivity contribution in [3.63, 3.8) is 0 Å². The smallest absolute Gasteiger partial charge is 0.335 e. The summed E-state index contributed by atoms with van der Waals surface area (Å²) >= 11 is 6.28. The maximum absolute atomic E-state index is 13.9. The second-order valence-electron chi connectivity index (χ2n) is 9.99. The highest BCUT2D eigenvalue weighted by molar-refractivity contribution is 6.30. The second-order valence-corrected chi connectivity index (χ2v) is 10.4. The largest absolute Gasteiger partial charge is 0.478 e. The van der Waals surface area contributed by atoms with Gasteiger partial charge in [-0.15, -0.1) is 5.10 Å². The van der Waals surface area contributed by atoms with E-state index in [-0.39, 0.29) is 23.4 Å². The number of hydrogen-bond acceptors (Lipinski definition) is 6. The minimum atomic E-state index is -0.982. The van der Waals surface area contributed by atoms with Crippen LogP contribution in [0.15, 0.2) is 91.4 Å². The lowest BCUT2D eigenvalue weighted by Crippen LogP contribution is -2.41. The predicted octanol–water partition coefficient (Wildman–Crippen LogP) is 5.56. The summed E-state index contributed by atoms with van der Waals surface area (Å²) < 4.78 is 1.52. The molecule has 0 radical (unpaired) electrons. The van der Waals surface area contributed by atoms with Crippen LogP contribution in [0.3, 0.4) is 0 Å². The lowest BCUT2D eigenvalue weighted by molar-refractivity contribution is -0.130. The summed E-state index contributed by atoms with van der Waals surface area (Å²) in [6.07, 6.45) is 8.22.